The van der Waals surface area contributed by atoms with Crippen LogP contribution < -0.4 is 10.5 Å². The summed E-state index contributed by atoms with van der Waals surface area (Å²) in [5.41, 5.74) is 6.97. The first kappa shape index (κ1) is 11.3. The minimum atomic E-state index is -4.23. The van der Waals surface area contributed by atoms with Crippen molar-refractivity contribution in [2.45, 2.75) is 25.1 Å². The summed E-state index contributed by atoms with van der Waals surface area (Å²) in [6, 6.07) is 4.00. The van der Waals surface area contributed by atoms with E-state index in [-0.39, 0.29) is 0 Å². The van der Waals surface area contributed by atoms with Crippen molar-refractivity contribution >= 4 is 0 Å². The Bertz CT molecular complexity index is 389. The van der Waals surface area contributed by atoms with Gasteiger partial charge in [0.15, 0.2) is 0 Å². The third-order valence-electron chi connectivity index (χ3n) is 2.59. The number of rotatable bonds is 2. The lowest BCUT2D eigenvalue weighted by Crippen LogP contribution is -2.20. The molecule has 1 aliphatic rings. The van der Waals surface area contributed by atoms with Gasteiger partial charge in [-0.05, 0) is 17.2 Å². The summed E-state index contributed by atoms with van der Waals surface area (Å²) in [6.45, 7) is 0.591. The smallest absolute Gasteiger partial charge is 0.390 e. The molecule has 2 N–H and O–H groups in total. The van der Waals surface area contributed by atoms with Crippen molar-refractivity contribution in [2.24, 2.45) is 5.73 Å². The molecule has 0 amide bonds. The molecule has 88 valence electrons. The summed E-state index contributed by atoms with van der Waals surface area (Å²) in [6.07, 6.45) is -4.48. The summed E-state index contributed by atoms with van der Waals surface area (Å²) < 4.78 is 41.8. The molecule has 1 aliphatic heterocycles. The van der Waals surface area contributed by atoms with Gasteiger partial charge in [0.25, 0.3) is 0 Å². The number of ether oxygens (including phenoxy) is 1. The Kier molecular flexibility index (Phi) is 2.80. The second-order valence-corrected chi connectivity index (χ2v) is 3.89. The molecule has 0 bridgehead atoms. The minimum absolute atomic E-state index is 0.515. The molecular formula is C11H12F3NO. The minimum Gasteiger partial charge on any atom is -0.493 e. The molecule has 0 radical (unpaired) electrons. The van der Waals surface area contributed by atoms with E-state index < -0.39 is 18.6 Å². The highest BCUT2D eigenvalue weighted by Crippen LogP contribution is 2.32. The summed E-state index contributed by atoms with van der Waals surface area (Å²) in [5, 5.41) is 0. The van der Waals surface area contributed by atoms with Crippen LogP contribution in [0.2, 0.25) is 0 Å². The van der Waals surface area contributed by atoms with E-state index in [0.29, 0.717) is 12.2 Å². The zero-order valence-corrected chi connectivity index (χ0v) is 8.55. The van der Waals surface area contributed by atoms with Gasteiger partial charge in [0.05, 0.1) is 13.0 Å². The molecule has 0 unspecified atom stereocenters. The number of halogens is 3. The lowest BCUT2D eigenvalue weighted by molar-refractivity contribution is -0.138. The van der Waals surface area contributed by atoms with E-state index in [0.717, 1.165) is 17.7 Å². The normalized spacial score (nSPS) is 16.8. The van der Waals surface area contributed by atoms with E-state index in [2.05, 4.69) is 0 Å². The molecule has 2 rings (SSSR count). The molecule has 1 aromatic carbocycles. The quantitative estimate of drug-likeness (QED) is 0.849. The first-order valence-corrected chi connectivity index (χ1v) is 5.04. The zero-order valence-electron chi connectivity index (χ0n) is 8.55. The summed E-state index contributed by atoms with van der Waals surface area (Å²) in [4.78, 5) is 0. The Morgan fingerprint density at radius 1 is 1.38 bits per heavy atom. The number of nitrogens with two attached hydrogens (primary N) is 1. The number of fused-ring (bicyclic) bond motifs is 1. The Hall–Kier alpha value is -1.23. The predicted molar refractivity (Wildman–Crippen MR) is 53.2 cm³/mol. The third-order valence-corrected chi connectivity index (χ3v) is 2.59. The van der Waals surface area contributed by atoms with Crippen molar-refractivity contribution in [1.82, 2.24) is 0 Å². The van der Waals surface area contributed by atoms with Crippen LogP contribution in [-0.2, 0) is 6.42 Å². The van der Waals surface area contributed by atoms with Crippen LogP contribution >= 0.6 is 0 Å². The van der Waals surface area contributed by atoms with Crippen LogP contribution in [0.25, 0.3) is 0 Å². The predicted octanol–water partition coefficient (Wildman–Crippen LogP) is 2.57. The highest BCUT2D eigenvalue weighted by Gasteiger charge is 2.31. The first-order chi connectivity index (χ1) is 7.46. The molecular weight excluding hydrogens is 219 g/mol. The topological polar surface area (TPSA) is 35.2 Å². The molecule has 16 heavy (non-hydrogen) atoms. The monoisotopic (exact) mass is 231 g/mol. The van der Waals surface area contributed by atoms with Crippen LogP contribution in [0.4, 0.5) is 13.2 Å². The van der Waals surface area contributed by atoms with Gasteiger partial charge in [-0.1, -0.05) is 12.1 Å². The maximum atomic E-state index is 12.2. The van der Waals surface area contributed by atoms with Crippen LogP contribution in [0.15, 0.2) is 18.2 Å². The van der Waals surface area contributed by atoms with Gasteiger partial charge in [-0.25, -0.2) is 0 Å². The van der Waals surface area contributed by atoms with Crippen LogP contribution in [0, 0.1) is 0 Å². The van der Waals surface area contributed by atoms with Crippen LogP contribution in [0.1, 0.15) is 23.6 Å². The molecule has 0 fully saturated rings. The van der Waals surface area contributed by atoms with Gasteiger partial charge >= 0.3 is 6.18 Å². The Morgan fingerprint density at radius 3 is 2.81 bits per heavy atom. The maximum absolute atomic E-state index is 12.2. The fraction of sp³-hybridized carbons (Fsp3) is 0.455. The van der Waals surface area contributed by atoms with E-state index in [1.54, 1.807) is 18.2 Å². The van der Waals surface area contributed by atoms with Crippen molar-refractivity contribution in [3.05, 3.63) is 29.3 Å². The van der Waals surface area contributed by atoms with Gasteiger partial charge in [-0.15, -0.1) is 0 Å². The second-order valence-electron chi connectivity index (χ2n) is 3.89. The number of hydrogen-bond donors (Lipinski definition) is 1. The van der Waals surface area contributed by atoms with Crippen molar-refractivity contribution in [3.8, 4) is 5.75 Å². The van der Waals surface area contributed by atoms with Gasteiger partial charge in [-0.2, -0.15) is 13.2 Å². The molecule has 1 atom stereocenters. The lowest BCUT2D eigenvalue weighted by atomic mass is 10.0. The Balaban J connectivity index is 2.15. The Labute approximate surface area is 91.2 Å². The molecule has 0 aliphatic carbocycles. The molecule has 0 saturated heterocycles. The van der Waals surface area contributed by atoms with E-state index in [9.17, 15) is 13.2 Å². The van der Waals surface area contributed by atoms with Crippen molar-refractivity contribution in [2.75, 3.05) is 6.61 Å². The highest BCUT2D eigenvalue weighted by atomic mass is 19.4. The zero-order chi connectivity index (χ0) is 11.8. The highest BCUT2D eigenvalue weighted by molar-refractivity contribution is 5.40. The molecule has 0 saturated carbocycles. The van der Waals surface area contributed by atoms with Gasteiger partial charge in [-0.3, -0.25) is 0 Å². The van der Waals surface area contributed by atoms with Gasteiger partial charge < -0.3 is 10.5 Å². The fourth-order valence-electron chi connectivity index (χ4n) is 1.80. The number of alkyl halides is 3. The van der Waals surface area contributed by atoms with Gasteiger partial charge in [0.1, 0.15) is 5.75 Å². The summed E-state index contributed by atoms with van der Waals surface area (Å²) in [7, 11) is 0. The van der Waals surface area contributed by atoms with Crippen LogP contribution in [-0.4, -0.2) is 12.8 Å². The number of benzene rings is 1. The first-order valence-electron chi connectivity index (χ1n) is 5.04. The molecule has 1 heterocycles. The number of hydrogen-bond acceptors (Lipinski definition) is 2. The van der Waals surface area contributed by atoms with Gasteiger partial charge in [0, 0.05) is 12.5 Å². The van der Waals surface area contributed by atoms with E-state index in [4.69, 9.17) is 10.5 Å². The summed E-state index contributed by atoms with van der Waals surface area (Å²) >= 11 is 0. The standard InChI is InChI=1S/C11H12F3NO/c12-11(13,14)6-9(15)7-1-2-10-8(5-7)3-4-16-10/h1-2,5,9H,3-4,6,15H2/t9-/m1/s1. The van der Waals surface area contributed by atoms with Crippen molar-refractivity contribution in [3.63, 3.8) is 0 Å². The molecule has 5 heteroatoms. The van der Waals surface area contributed by atoms with Crippen molar-refractivity contribution < 1.29 is 17.9 Å². The molecule has 0 aromatic heterocycles. The lowest BCUT2D eigenvalue weighted by Gasteiger charge is -2.15. The SMILES string of the molecule is N[C@H](CC(F)(F)F)c1ccc2c(c1)CCO2. The second kappa shape index (κ2) is 3.97. The molecule has 0 spiro atoms. The summed E-state index contributed by atoms with van der Waals surface area (Å²) in [5.74, 6) is 0.753. The van der Waals surface area contributed by atoms with Crippen molar-refractivity contribution in [1.29, 1.82) is 0 Å². The van der Waals surface area contributed by atoms with Crippen LogP contribution in [0.3, 0.4) is 0 Å². The third kappa shape index (κ3) is 2.47. The van der Waals surface area contributed by atoms with Crippen LogP contribution in [0.5, 0.6) is 5.75 Å². The largest absolute Gasteiger partial charge is 0.493 e. The van der Waals surface area contributed by atoms with E-state index in [1.807, 2.05) is 0 Å². The molecule has 2 nitrogen and oxygen atoms in total. The average molecular weight is 231 g/mol. The average Bonchev–Trinajstić information content (AvgIpc) is 2.61. The Morgan fingerprint density at radius 2 is 2.12 bits per heavy atom. The fourth-order valence-corrected chi connectivity index (χ4v) is 1.80. The maximum Gasteiger partial charge on any atom is 0.390 e. The van der Waals surface area contributed by atoms with E-state index in [1.165, 1.54) is 0 Å². The van der Waals surface area contributed by atoms with Gasteiger partial charge in [0.2, 0.25) is 0 Å². The van der Waals surface area contributed by atoms with E-state index >= 15 is 0 Å². The molecule has 1 aromatic rings.